The number of carbonyl (C=O) groups is 1. The third kappa shape index (κ3) is 2.22. The van der Waals surface area contributed by atoms with E-state index in [1.165, 1.54) is 0 Å². The lowest BCUT2D eigenvalue weighted by Crippen LogP contribution is -2.40. The number of rotatable bonds is 1. The second-order valence-corrected chi connectivity index (χ2v) is 4.65. The van der Waals surface area contributed by atoms with E-state index in [0.29, 0.717) is 10.9 Å². The highest BCUT2D eigenvalue weighted by atomic mass is 19.4. The van der Waals surface area contributed by atoms with Gasteiger partial charge in [0.05, 0.1) is 5.57 Å². The Hall–Kier alpha value is -2.50. The molecule has 3 rings (SSSR count). The Bertz CT molecular complexity index is 762. The Labute approximate surface area is 117 Å². The maximum absolute atomic E-state index is 13.0. The van der Waals surface area contributed by atoms with Crippen LogP contribution in [-0.4, -0.2) is 23.4 Å². The SMILES string of the molecule is O=C(O)C1=Cc2ccc3ccccc3c2O[C@@H]1C(F)(F)F. The maximum Gasteiger partial charge on any atom is 0.430 e. The Morgan fingerprint density at radius 1 is 1.14 bits per heavy atom. The predicted molar refractivity (Wildman–Crippen MR) is 70.0 cm³/mol. The molecule has 0 fully saturated rings. The Kier molecular flexibility index (Phi) is 2.90. The largest absolute Gasteiger partial charge is 0.478 e. The summed E-state index contributed by atoms with van der Waals surface area (Å²) in [6.45, 7) is 0. The molecule has 21 heavy (non-hydrogen) atoms. The van der Waals surface area contributed by atoms with Gasteiger partial charge in [0.1, 0.15) is 5.75 Å². The van der Waals surface area contributed by atoms with Crippen LogP contribution in [0.5, 0.6) is 5.75 Å². The summed E-state index contributed by atoms with van der Waals surface area (Å²) in [5, 5.41) is 10.2. The van der Waals surface area contributed by atoms with Crippen molar-refractivity contribution >= 4 is 22.8 Å². The molecule has 0 radical (unpaired) electrons. The first-order chi connectivity index (χ1) is 9.88. The molecule has 0 bridgehead atoms. The number of carboxylic acids is 1. The summed E-state index contributed by atoms with van der Waals surface area (Å²) in [4.78, 5) is 11.0. The van der Waals surface area contributed by atoms with Gasteiger partial charge in [-0.1, -0.05) is 36.4 Å². The van der Waals surface area contributed by atoms with E-state index in [9.17, 15) is 18.0 Å². The van der Waals surface area contributed by atoms with Crippen LogP contribution in [0.15, 0.2) is 42.0 Å². The summed E-state index contributed by atoms with van der Waals surface area (Å²) in [6, 6.07) is 10.1. The molecule has 0 saturated heterocycles. The number of alkyl halides is 3. The van der Waals surface area contributed by atoms with Gasteiger partial charge in [0.15, 0.2) is 0 Å². The zero-order valence-corrected chi connectivity index (χ0v) is 10.5. The smallest absolute Gasteiger partial charge is 0.430 e. The van der Waals surface area contributed by atoms with Crippen molar-refractivity contribution in [2.75, 3.05) is 0 Å². The molecule has 0 aliphatic carbocycles. The van der Waals surface area contributed by atoms with E-state index >= 15 is 0 Å². The summed E-state index contributed by atoms with van der Waals surface area (Å²) in [5.41, 5.74) is -0.489. The van der Waals surface area contributed by atoms with Crippen LogP contribution in [0.1, 0.15) is 5.56 Å². The normalized spacial score (nSPS) is 17.9. The number of halogens is 3. The van der Waals surface area contributed by atoms with Gasteiger partial charge < -0.3 is 9.84 Å². The van der Waals surface area contributed by atoms with E-state index in [-0.39, 0.29) is 5.75 Å². The molecule has 1 atom stereocenters. The molecule has 0 spiro atoms. The number of hydrogen-bond donors (Lipinski definition) is 1. The monoisotopic (exact) mass is 294 g/mol. The standard InChI is InChI=1S/C15H9F3O3/c16-15(17,18)13-11(14(19)20)7-9-6-5-8-3-1-2-4-10(8)12(9)21-13/h1-7,13H,(H,19,20)/t13-/m0/s1. The van der Waals surface area contributed by atoms with Crippen molar-refractivity contribution in [3.63, 3.8) is 0 Å². The average molecular weight is 294 g/mol. The Morgan fingerprint density at radius 2 is 1.86 bits per heavy atom. The fourth-order valence-corrected chi connectivity index (χ4v) is 2.35. The summed E-state index contributed by atoms with van der Waals surface area (Å²) in [7, 11) is 0. The van der Waals surface area contributed by atoms with Crippen molar-refractivity contribution in [1.82, 2.24) is 0 Å². The minimum absolute atomic E-state index is 0.0559. The number of fused-ring (bicyclic) bond motifs is 3. The van der Waals surface area contributed by atoms with Crippen LogP contribution < -0.4 is 4.74 Å². The van der Waals surface area contributed by atoms with Crippen LogP contribution in [-0.2, 0) is 4.79 Å². The van der Waals surface area contributed by atoms with E-state index in [2.05, 4.69) is 0 Å². The Morgan fingerprint density at radius 3 is 2.52 bits per heavy atom. The first-order valence-electron chi connectivity index (χ1n) is 6.08. The fourth-order valence-electron chi connectivity index (χ4n) is 2.35. The van der Waals surface area contributed by atoms with Crippen LogP contribution in [0.4, 0.5) is 13.2 Å². The van der Waals surface area contributed by atoms with Gasteiger partial charge in [-0.05, 0) is 11.5 Å². The van der Waals surface area contributed by atoms with Gasteiger partial charge >= 0.3 is 12.1 Å². The lowest BCUT2D eigenvalue weighted by Gasteiger charge is -2.27. The number of carboxylic acid groups (broad SMARTS) is 1. The van der Waals surface area contributed by atoms with E-state index in [4.69, 9.17) is 9.84 Å². The van der Waals surface area contributed by atoms with Gasteiger partial charge in [0.25, 0.3) is 0 Å². The van der Waals surface area contributed by atoms with Crippen LogP contribution >= 0.6 is 0 Å². The van der Waals surface area contributed by atoms with Gasteiger partial charge in [-0.3, -0.25) is 0 Å². The molecule has 1 aliphatic rings. The number of ether oxygens (including phenoxy) is 1. The minimum Gasteiger partial charge on any atom is -0.478 e. The highest BCUT2D eigenvalue weighted by Crippen LogP contribution is 2.40. The van der Waals surface area contributed by atoms with Crippen molar-refractivity contribution in [2.45, 2.75) is 12.3 Å². The zero-order chi connectivity index (χ0) is 15.2. The Balaban J connectivity index is 2.24. The molecule has 0 aromatic heterocycles. The third-order valence-corrected chi connectivity index (χ3v) is 3.28. The zero-order valence-electron chi connectivity index (χ0n) is 10.5. The lowest BCUT2D eigenvalue weighted by molar-refractivity contribution is -0.186. The molecule has 108 valence electrons. The second kappa shape index (κ2) is 4.51. The predicted octanol–water partition coefficient (Wildman–Crippen LogP) is 3.63. The van der Waals surface area contributed by atoms with Gasteiger partial charge in [0, 0.05) is 10.9 Å². The first kappa shape index (κ1) is 13.5. The molecule has 1 aliphatic heterocycles. The van der Waals surface area contributed by atoms with E-state index < -0.39 is 23.8 Å². The van der Waals surface area contributed by atoms with E-state index in [1.54, 1.807) is 36.4 Å². The molecule has 0 amide bonds. The highest BCUT2D eigenvalue weighted by Gasteiger charge is 2.48. The van der Waals surface area contributed by atoms with Crippen LogP contribution in [0.2, 0.25) is 0 Å². The fraction of sp³-hybridized carbons (Fsp3) is 0.133. The molecular weight excluding hydrogens is 285 g/mol. The van der Waals surface area contributed by atoms with Crippen molar-refractivity contribution in [3.05, 3.63) is 47.5 Å². The third-order valence-electron chi connectivity index (χ3n) is 3.28. The van der Waals surface area contributed by atoms with Crippen molar-refractivity contribution in [3.8, 4) is 5.75 Å². The van der Waals surface area contributed by atoms with Crippen LogP contribution in [0.3, 0.4) is 0 Å². The van der Waals surface area contributed by atoms with Gasteiger partial charge in [0.2, 0.25) is 6.10 Å². The van der Waals surface area contributed by atoms with E-state index in [1.807, 2.05) is 0 Å². The van der Waals surface area contributed by atoms with Crippen molar-refractivity contribution in [1.29, 1.82) is 0 Å². The molecule has 2 aromatic rings. The maximum atomic E-state index is 13.0. The number of aliphatic carboxylic acids is 1. The topological polar surface area (TPSA) is 46.5 Å². The summed E-state index contributed by atoms with van der Waals surface area (Å²) >= 11 is 0. The molecule has 1 heterocycles. The average Bonchev–Trinajstić information content (AvgIpc) is 2.44. The van der Waals surface area contributed by atoms with Crippen molar-refractivity contribution in [2.24, 2.45) is 0 Å². The van der Waals surface area contributed by atoms with Gasteiger partial charge in [-0.25, -0.2) is 4.79 Å². The first-order valence-corrected chi connectivity index (χ1v) is 6.08. The molecule has 2 aromatic carbocycles. The summed E-state index contributed by atoms with van der Waals surface area (Å²) < 4.78 is 44.1. The molecule has 3 nitrogen and oxygen atoms in total. The van der Waals surface area contributed by atoms with Crippen LogP contribution in [0.25, 0.3) is 16.8 Å². The van der Waals surface area contributed by atoms with Gasteiger partial charge in [-0.2, -0.15) is 13.2 Å². The molecule has 6 heteroatoms. The number of benzene rings is 2. The van der Waals surface area contributed by atoms with Crippen molar-refractivity contribution < 1.29 is 27.8 Å². The second-order valence-electron chi connectivity index (χ2n) is 4.65. The summed E-state index contributed by atoms with van der Waals surface area (Å²) in [5.74, 6) is -1.59. The highest BCUT2D eigenvalue weighted by molar-refractivity contribution is 5.99. The van der Waals surface area contributed by atoms with Crippen LogP contribution in [0, 0.1) is 0 Å². The molecule has 0 unspecified atom stereocenters. The molecule has 1 N–H and O–H groups in total. The molecular formula is C15H9F3O3. The van der Waals surface area contributed by atoms with E-state index in [0.717, 1.165) is 11.5 Å². The molecule has 0 saturated carbocycles. The van der Waals surface area contributed by atoms with Gasteiger partial charge in [-0.15, -0.1) is 0 Å². The quantitative estimate of drug-likeness (QED) is 0.873. The minimum atomic E-state index is -4.79. The number of hydrogen-bond acceptors (Lipinski definition) is 2. The lowest BCUT2D eigenvalue weighted by atomic mass is 9.98. The summed E-state index contributed by atoms with van der Waals surface area (Å²) in [6.07, 6.45) is -6.24.